The van der Waals surface area contributed by atoms with Crippen LogP contribution in [0.3, 0.4) is 0 Å². The van der Waals surface area contributed by atoms with E-state index in [1.54, 1.807) is 6.92 Å². The smallest absolute Gasteiger partial charge is 0.305 e. The number of pyridine rings is 1. The molecule has 3 heterocycles. The minimum atomic E-state index is -4.61. The first-order chi connectivity index (χ1) is 15.1. The molecule has 0 saturated carbocycles. The largest absolute Gasteiger partial charge is 0.433 e. The molecule has 3 rings (SSSR count). The summed E-state index contributed by atoms with van der Waals surface area (Å²) in [6, 6.07) is 1.73. The second-order valence-corrected chi connectivity index (χ2v) is 9.53. The molecule has 0 unspecified atom stereocenters. The van der Waals surface area contributed by atoms with Crippen molar-refractivity contribution in [3.05, 3.63) is 50.6 Å². The number of nitrogens with one attached hydrogen (secondary N) is 1. The minimum absolute atomic E-state index is 0.0329. The molecular formula is C20H20F4N4O2S2. The maximum atomic E-state index is 12.7. The lowest BCUT2D eigenvalue weighted by Gasteiger charge is -2.15. The second-order valence-electron chi connectivity index (χ2n) is 6.94. The molecule has 0 atom stereocenters. The molecule has 0 radical (unpaired) electrons. The molecule has 2 aliphatic rings. The predicted octanol–water partition coefficient (Wildman–Crippen LogP) is 5.25. The predicted molar refractivity (Wildman–Crippen MR) is 116 cm³/mol. The summed E-state index contributed by atoms with van der Waals surface area (Å²) >= 11 is 2.94. The van der Waals surface area contributed by atoms with E-state index in [9.17, 15) is 27.2 Å². The number of halogens is 4. The van der Waals surface area contributed by atoms with Gasteiger partial charge in [0.05, 0.1) is 16.4 Å². The van der Waals surface area contributed by atoms with Crippen LogP contribution in [0.4, 0.5) is 23.4 Å². The molecule has 0 saturated heterocycles. The van der Waals surface area contributed by atoms with Crippen LogP contribution in [-0.4, -0.2) is 32.9 Å². The van der Waals surface area contributed by atoms with Gasteiger partial charge < -0.3 is 5.32 Å². The van der Waals surface area contributed by atoms with Crippen molar-refractivity contribution in [3.8, 4) is 5.69 Å². The van der Waals surface area contributed by atoms with E-state index in [0.717, 1.165) is 34.2 Å². The molecule has 1 aromatic heterocycles. The molecule has 0 fully saturated rings. The molecule has 1 amide bonds. The first-order valence-corrected chi connectivity index (χ1v) is 11.5. The maximum absolute atomic E-state index is 12.7. The quantitative estimate of drug-likeness (QED) is 0.266. The highest BCUT2D eigenvalue weighted by Gasteiger charge is 2.32. The lowest BCUT2D eigenvalue weighted by atomic mass is 10.2. The summed E-state index contributed by atoms with van der Waals surface area (Å²) in [4.78, 5) is 33.3. The van der Waals surface area contributed by atoms with E-state index in [2.05, 4.69) is 15.3 Å². The number of fused-ring (bicyclic) bond motifs is 1. The van der Waals surface area contributed by atoms with Crippen LogP contribution in [0.15, 0.2) is 27.3 Å². The Morgan fingerprint density at radius 1 is 1.22 bits per heavy atom. The summed E-state index contributed by atoms with van der Waals surface area (Å²) in [6.45, 7) is 3.28. The number of hydrogen-bond acceptors (Lipinski definition) is 6. The van der Waals surface area contributed by atoms with Gasteiger partial charge in [0.2, 0.25) is 0 Å². The zero-order chi connectivity index (χ0) is 23.5. The van der Waals surface area contributed by atoms with Crippen molar-refractivity contribution in [2.75, 3.05) is 17.7 Å². The molecule has 12 heteroatoms. The van der Waals surface area contributed by atoms with E-state index in [-0.39, 0.29) is 18.1 Å². The van der Waals surface area contributed by atoms with Gasteiger partial charge in [-0.15, -0.1) is 23.1 Å². The van der Waals surface area contributed by atoms with E-state index < -0.39 is 23.5 Å². The number of carbonyl (C=O) groups is 1. The summed E-state index contributed by atoms with van der Waals surface area (Å²) in [7, 11) is 0. The Labute approximate surface area is 189 Å². The average Bonchev–Trinajstić information content (AvgIpc) is 3.06. The fourth-order valence-corrected chi connectivity index (χ4v) is 5.44. The van der Waals surface area contributed by atoms with Crippen molar-refractivity contribution in [3.63, 3.8) is 0 Å². The van der Waals surface area contributed by atoms with Crippen molar-refractivity contribution < 1.29 is 22.4 Å². The third kappa shape index (κ3) is 5.29. The second kappa shape index (κ2) is 9.99. The van der Waals surface area contributed by atoms with E-state index in [1.165, 1.54) is 27.7 Å². The number of amides is 1. The molecule has 172 valence electrons. The van der Waals surface area contributed by atoms with Crippen LogP contribution in [0.25, 0.3) is 5.69 Å². The normalized spacial score (nSPS) is 11.8. The first-order valence-electron chi connectivity index (χ1n) is 9.69. The Morgan fingerprint density at radius 3 is 2.59 bits per heavy atom. The van der Waals surface area contributed by atoms with Gasteiger partial charge in [-0.1, -0.05) is 6.42 Å². The topological polar surface area (TPSA) is 76.9 Å². The lowest BCUT2D eigenvalue weighted by molar-refractivity contribution is -0.141. The van der Waals surface area contributed by atoms with Gasteiger partial charge in [-0.3, -0.25) is 18.7 Å². The van der Waals surface area contributed by atoms with Gasteiger partial charge in [0.1, 0.15) is 11.4 Å². The molecule has 2 aliphatic heterocycles. The summed E-state index contributed by atoms with van der Waals surface area (Å²) in [5, 5.41) is 2.53. The first kappa shape index (κ1) is 24.2. The Bertz CT molecular complexity index is 1130. The highest BCUT2D eigenvalue weighted by atomic mass is 32.2. The molecule has 0 bridgehead atoms. The van der Waals surface area contributed by atoms with E-state index in [0.29, 0.717) is 29.6 Å². The van der Waals surface area contributed by atoms with Gasteiger partial charge in [0.25, 0.3) is 5.91 Å². The highest BCUT2D eigenvalue weighted by molar-refractivity contribution is 8.01. The molecular weight excluding hydrogens is 468 g/mol. The number of rotatable bonds is 8. The molecule has 0 spiro atoms. The van der Waals surface area contributed by atoms with Crippen LogP contribution in [0, 0.1) is 13.8 Å². The number of aryl methyl sites for hydroxylation is 1. The third-order valence-electron chi connectivity index (χ3n) is 4.69. The number of anilines is 1. The molecule has 0 aromatic carbocycles. The van der Waals surface area contributed by atoms with E-state index in [4.69, 9.17) is 0 Å². The van der Waals surface area contributed by atoms with Crippen LogP contribution in [0.1, 0.15) is 45.9 Å². The molecule has 0 aliphatic carbocycles. The van der Waals surface area contributed by atoms with Crippen molar-refractivity contribution in [2.45, 2.75) is 43.5 Å². The van der Waals surface area contributed by atoms with Crippen LogP contribution >= 0.6 is 23.1 Å². The van der Waals surface area contributed by atoms with Crippen LogP contribution < -0.4 is 11.0 Å². The number of hydrogen-bond donors (Lipinski definition) is 1. The fourth-order valence-electron chi connectivity index (χ4n) is 2.92. The Hall–Kier alpha value is -2.47. The number of imidazole rings is 1. The van der Waals surface area contributed by atoms with Gasteiger partial charge in [-0.05, 0) is 44.6 Å². The molecule has 1 aromatic rings. The number of thioether (sulfide) groups is 1. The maximum Gasteiger partial charge on any atom is 0.433 e. The van der Waals surface area contributed by atoms with Gasteiger partial charge in [0.15, 0.2) is 5.82 Å². The molecule has 32 heavy (non-hydrogen) atoms. The Balaban J connectivity index is 1.89. The average molecular weight is 489 g/mol. The van der Waals surface area contributed by atoms with Crippen LogP contribution in [0.5, 0.6) is 0 Å². The standard InChI is InChI=1S/C20H20F4N4O2S2/c1-11-12(2)32-18(31-9-5-3-4-8-21)15-16(27-19(30)28(11)15)26-17(29)13-6-7-14(25-10-13)20(22,23)24/h6-7,10H,3-5,8-9H2,1-2H3,(H,26,27,29,30). The number of aromatic nitrogens is 3. The van der Waals surface area contributed by atoms with Crippen molar-refractivity contribution in [1.29, 1.82) is 0 Å². The van der Waals surface area contributed by atoms with Crippen LogP contribution in [-0.2, 0) is 6.18 Å². The number of carbonyl (C=O) groups excluding carboxylic acids is 1. The zero-order valence-electron chi connectivity index (χ0n) is 17.3. The zero-order valence-corrected chi connectivity index (χ0v) is 18.9. The van der Waals surface area contributed by atoms with Crippen LogP contribution in [0.2, 0.25) is 0 Å². The Kier molecular flexibility index (Phi) is 7.55. The van der Waals surface area contributed by atoms with Gasteiger partial charge in [-0.2, -0.15) is 18.2 Å². The van der Waals surface area contributed by atoms with E-state index in [1.807, 2.05) is 6.92 Å². The highest BCUT2D eigenvalue weighted by Crippen LogP contribution is 2.38. The molecule has 1 N–H and O–H groups in total. The monoisotopic (exact) mass is 488 g/mol. The summed E-state index contributed by atoms with van der Waals surface area (Å²) in [5.41, 5.74) is -0.650. The third-order valence-corrected chi connectivity index (χ3v) is 7.22. The molecule has 6 nitrogen and oxygen atoms in total. The minimum Gasteiger partial charge on any atom is -0.305 e. The number of unbranched alkanes of at least 4 members (excludes halogenated alkanes) is 2. The fraction of sp³-hybridized carbons (Fsp3) is 0.400. The van der Waals surface area contributed by atoms with E-state index >= 15 is 0 Å². The van der Waals surface area contributed by atoms with Crippen molar-refractivity contribution >= 4 is 34.8 Å². The summed E-state index contributed by atoms with van der Waals surface area (Å²) in [6.07, 6.45) is -1.76. The summed E-state index contributed by atoms with van der Waals surface area (Å²) in [5.74, 6) is 0.00315. The van der Waals surface area contributed by atoms with Crippen molar-refractivity contribution in [2.24, 2.45) is 0 Å². The number of alkyl halides is 4. The lowest BCUT2D eigenvalue weighted by Crippen LogP contribution is -2.17. The SMILES string of the molecule is Cc1sc(SCCCCCF)c2c(NC(=O)c3ccc(C(F)(F)F)nc3)nc(=O)n-2c1C. The van der Waals surface area contributed by atoms with Gasteiger partial charge in [0, 0.05) is 16.8 Å². The number of nitrogens with zero attached hydrogens (tertiary/aromatic N) is 3. The van der Waals surface area contributed by atoms with Gasteiger partial charge >= 0.3 is 11.9 Å². The Morgan fingerprint density at radius 2 is 1.97 bits per heavy atom. The summed E-state index contributed by atoms with van der Waals surface area (Å²) < 4.78 is 52.6. The van der Waals surface area contributed by atoms with Gasteiger partial charge in [-0.25, -0.2) is 4.79 Å². The van der Waals surface area contributed by atoms with Crippen molar-refractivity contribution in [1.82, 2.24) is 14.5 Å².